The largest absolute Gasteiger partial charge is 0.481 e. The monoisotopic (exact) mass is 225 g/mol. The number of carbonyl (C=O) groups is 1. The summed E-state index contributed by atoms with van der Waals surface area (Å²) in [6.45, 7) is 3.28. The van der Waals surface area contributed by atoms with E-state index in [9.17, 15) is 9.18 Å². The normalized spacial score (nSPS) is 13.5. The van der Waals surface area contributed by atoms with Crippen LogP contribution >= 0.6 is 0 Å². The molecule has 0 saturated carbocycles. The van der Waals surface area contributed by atoms with Gasteiger partial charge in [0.05, 0.1) is 5.41 Å². The van der Waals surface area contributed by atoms with Crippen molar-refractivity contribution in [3.8, 4) is 0 Å². The number of carboxylic acids is 1. The van der Waals surface area contributed by atoms with E-state index in [4.69, 9.17) is 5.11 Å². The van der Waals surface area contributed by atoms with E-state index in [0.29, 0.717) is 0 Å². The highest BCUT2D eigenvalue weighted by Crippen LogP contribution is 2.33. The third kappa shape index (κ3) is 2.39. The Balaban J connectivity index is 3.07. The molecule has 1 unspecified atom stereocenters. The lowest BCUT2D eigenvalue weighted by Crippen LogP contribution is -2.38. The van der Waals surface area contributed by atoms with E-state index in [1.165, 1.54) is 12.1 Å². The van der Waals surface area contributed by atoms with Crippen molar-refractivity contribution in [2.24, 2.45) is 5.41 Å². The Bertz CT molecular complexity index is 373. The van der Waals surface area contributed by atoms with Gasteiger partial charge in [-0.25, -0.2) is 4.39 Å². The van der Waals surface area contributed by atoms with Gasteiger partial charge in [0.1, 0.15) is 5.82 Å². The van der Waals surface area contributed by atoms with Crippen LogP contribution in [0.3, 0.4) is 0 Å². The van der Waals surface area contributed by atoms with Crippen LogP contribution < -0.4 is 5.32 Å². The minimum Gasteiger partial charge on any atom is -0.481 e. The zero-order chi connectivity index (χ0) is 12.3. The third-order valence-corrected chi connectivity index (χ3v) is 2.76. The lowest BCUT2D eigenvalue weighted by Gasteiger charge is -2.30. The van der Waals surface area contributed by atoms with Gasteiger partial charge in [-0.2, -0.15) is 0 Å². The molecule has 0 bridgehead atoms. The smallest absolute Gasteiger partial charge is 0.311 e. The van der Waals surface area contributed by atoms with Crippen molar-refractivity contribution in [2.75, 3.05) is 7.05 Å². The van der Waals surface area contributed by atoms with Crippen LogP contribution in [0.15, 0.2) is 24.3 Å². The summed E-state index contributed by atoms with van der Waals surface area (Å²) in [6.07, 6.45) is 0. The van der Waals surface area contributed by atoms with Crippen molar-refractivity contribution in [2.45, 2.75) is 19.9 Å². The van der Waals surface area contributed by atoms with Gasteiger partial charge in [-0.15, -0.1) is 0 Å². The summed E-state index contributed by atoms with van der Waals surface area (Å²) >= 11 is 0. The molecular weight excluding hydrogens is 209 g/mol. The van der Waals surface area contributed by atoms with Crippen LogP contribution in [-0.2, 0) is 4.79 Å². The molecule has 0 aliphatic carbocycles. The number of halogens is 1. The van der Waals surface area contributed by atoms with Gasteiger partial charge in [-0.05, 0) is 38.6 Å². The van der Waals surface area contributed by atoms with Crippen LogP contribution in [0.25, 0.3) is 0 Å². The fourth-order valence-electron chi connectivity index (χ4n) is 1.72. The molecule has 1 aromatic carbocycles. The number of aliphatic carboxylic acids is 1. The van der Waals surface area contributed by atoms with E-state index in [1.54, 1.807) is 33.0 Å². The molecular formula is C12H16FNO2. The molecule has 2 N–H and O–H groups in total. The number of nitrogens with one attached hydrogen (secondary N) is 1. The minimum atomic E-state index is -0.952. The van der Waals surface area contributed by atoms with Crippen molar-refractivity contribution < 1.29 is 14.3 Å². The van der Waals surface area contributed by atoms with E-state index in [0.717, 1.165) is 5.56 Å². The maximum absolute atomic E-state index is 12.8. The van der Waals surface area contributed by atoms with Gasteiger partial charge in [0.25, 0.3) is 0 Å². The summed E-state index contributed by atoms with van der Waals surface area (Å²) in [7, 11) is 1.69. The summed E-state index contributed by atoms with van der Waals surface area (Å²) in [5.74, 6) is -1.22. The number of carboxylic acid groups (broad SMARTS) is 1. The molecule has 4 heteroatoms. The molecule has 0 fully saturated rings. The molecule has 0 saturated heterocycles. The van der Waals surface area contributed by atoms with E-state index in [1.807, 2.05) is 0 Å². The highest BCUT2D eigenvalue weighted by atomic mass is 19.1. The summed E-state index contributed by atoms with van der Waals surface area (Å²) in [5, 5.41) is 12.1. The molecule has 1 rings (SSSR count). The summed E-state index contributed by atoms with van der Waals surface area (Å²) in [4.78, 5) is 11.1. The average Bonchev–Trinajstić information content (AvgIpc) is 2.21. The Hall–Kier alpha value is -1.42. The van der Waals surface area contributed by atoms with Crippen LogP contribution in [0.2, 0.25) is 0 Å². The van der Waals surface area contributed by atoms with E-state index in [-0.39, 0.29) is 11.9 Å². The van der Waals surface area contributed by atoms with Gasteiger partial charge in [-0.1, -0.05) is 12.1 Å². The van der Waals surface area contributed by atoms with Crippen LogP contribution in [0.4, 0.5) is 4.39 Å². The Labute approximate surface area is 94.3 Å². The minimum absolute atomic E-state index is 0.327. The maximum Gasteiger partial charge on any atom is 0.311 e. The second-order valence-electron chi connectivity index (χ2n) is 4.30. The van der Waals surface area contributed by atoms with Crippen molar-refractivity contribution in [1.29, 1.82) is 0 Å². The van der Waals surface area contributed by atoms with Crippen LogP contribution in [0.5, 0.6) is 0 Å². The zero-order valence-electron chi connectivity index (χ0n) is 9.62. The topological polar surface area (TPSA) is 49.3 Å². The third-order valence-electron chi connectivity index (χ3n) is 2.76. The molecule has 1 aromatic rings. The summed E-state index contributed by atoms with van der Waals surface area (Å²) in [6, 6.07) is 5.50. The van der Waals surface area contributed by atoms with Crippen LogP contribution in [-0.4, -0.2) is 18.1 Å². The van der Waals surface area contributed by atoms with Gasteiger partial charge in [-0.3, -0.25) is 4.79 Å². The SMILES string of the molecule is CNC(c1ccc(F)cc1)C(C)(C)C(=O)O. The lowest BCUT2D eigenvalue weighted by molar-refractivity contribution is -0.148. The van der Waals surface area contributed by atoms with Crippen molar-refractivity contribution >= 4 is 5.97 Å². The predicted octanol–water partition coefficient (Wildman–Crippen LogP) is 2.20. The second kappa shape index (κ2) is 4.61. The van der Waals surface area contributed by atoms with Gasteiger partial charge in [0, 0.05) is 6.04 Å². The van der Waals surface area contributed by atoms with Gasteiger partial charge >= 0.3 is 5.97 Å². The molecule has 0 amide bonds. The highest BCUT2D eigenvalue weighted by molar-refractivity contribution is 5.75. The maximum atomic E-state index is 12.8. The average molecular weight is 225 g/mol. The second-order valence-corrected chi connectivity index (χ2v) is 4.30. The van der Waals surface area contributed by atoms with Crippen molar-refractivity contribution in [1.82, 2.24) is 5.32 Å². The Morgan fingerprint density at radius 1 is 1.38 bits per heavy atom. The van der Waals surface area contributed by atoms with Crippen molar-refractivity contribution in [3.63, 3.8) is 0 Å². The quantitative estimate of drug-likeness (QED) is 0.825. The molecule has 0 spiro atoms. The molecule has 0 heterocycles. The van der Waals surface area contributed by atoms with E-state index >= 15 is 0 Å². The number of benzene rings is 1. The fourth-order valence-corrected chi connectivity index (χ4v) is 1.72. The molecule has 1 atom stereocenters. The van der Waals surface area contributed by atoms with Crippen molar-refractivity contribution in [3.05, 3.63) is 35.6 Å². The van der Waals surface area contributed by atoms with E-state index in [2.05, 4.69) is 5.32 Å². The van der Waals surface area contributed by atoms with Gasteiger partial charge < -0.3 is 10.4 Å². The molecule has 16 heavy (non-hydrogen) atoms. The molecule has 3 nitrogen and oxygen atoms in total. The molecule has 88 valence electrons. The first-order valence-electron chi connectivity index (χ1n) is 5.05. The molecule has 0 aliphatic rings. The van der Waals surface area contributed by atoms with Crippen LogP contribution in [0, 0.1) is 11.2 Å². The molecule has 0 radical (unpaired) electrons. The van der Waals surface area contributed by atoms with Gasteiger partial charge in [0.2, 0.25) is 0 Å². The number of hydrogen-bond donors (Lipinski definition) is 2. The first-order valence-corrected chi connectivity index (χ1v) is 5.05. The standard InChI is InChI=1S/C12H16FNO2/c1-12(2,11(15)16)10(14-3)8-4-6-9(13)7-5-8/h4-7,10,14H,1-3H3,(H,15,16). The highest BCUT2D eigenvalue weighted by Gasteiger charge is 2.36. The zero-order valence-corrected chi connectivity index (χ0v) is 9.62. The lowest BCUT2D eigenvalue weighted by atomic mass is 9.80. The van der Waals surface area contributed by atoms with E-state index < -0.39 is 11.4 Å². The predicted molar refractivity (Wildman–Crippen MR) is 59.6 cm³/mol. The summed E-state index contributed by atoms with van der Waals surface area (Å²) < 4.78 is 12.8. The number of rotatable bonds is 4. The van der Waals surface area contributed by atoms with Gasteiger partial charge in [0.15, 0.2) is 0 Å². The fraction of sp³-hybridized carbons (Fsp3) is 0.417. The summed E-state index contributed by atoms with van der Waals surface area (Å²) in [5.41, 5.74) is -0.191. The van der Waals surface area contributed by atoms with Crippen LogP contribution in [0.1, 0.15) is 25.5 Å². The number of hydrogen-bond acceptors (Lipinski definition) is 2. The Kier molecular flexibility index (Phi) is 3.65. The first-order chi connectivity index (χ1) is 7.39. The molecule has 0 aliphatic heterocycles. The molecule has 0 aromatic heterocycles. The first kappa shape index (κ1) is 12.6. The Morgan fingerprint density at radius 3 is 2.25 bits per heavy atom. The Morgan fingerprint density at radius 2 is 1.88 bits per heavy atom.